The van der Waals surface area contributed by atoms with Crippen LogP contribution in [0, 0.1) is 0 Å². The van der Waals surface area contributed by atoms with Crippen LogP contribution in [0.15, 0.2) is 11.0 Å². The van der Waals surface area contributed by atoms with Gasteiger partial charge in [-0.2, -0.15) is 5.10 Å². The lowest BCUT2D eigenvalue weighted by molar-refractivity contribution is -0.120. The van der Waals surface area contributed by atoms with Gasteiger partial charge in [-0.3, -0.25) is 14.9 Å². The number of nitrogens with one attached hydrogen (secondary N) is 2. The Labute approximate surface area is 118 Å². The van der Waals surface area contributed by atoms with E-state index in [-0.39, 0.29) is 10.0 Å². The first-order valence-corrected chi connectivity index (χ1v) is 6.20. The second-order valence-electron chi connectivity index (χ2n) is 3.57. The van der Waals surface area contributed by atoms with Crippen LogP contribution in [0.5, 0.6) is 0 Å². The lowest BCUT2D eigenvalue weighted by atomic mass is 10.5. The highest BCUT2D eigenvalue weighted by atomic mass is 35.5. The van der Waals surface area contributed by atoms with Crippen LogP contribution in [0.25, 0.3) is 0 Å². The van der Waals surface area contributed by atoms with Gasteiger partial charge in [0.15, 0.2) is 0 Å². The fraction of sp³-hybridized carbons (Fsp3) is 0.400. The molecule has 0 spiro atoms. The van der Waals surface area contributed by atoms with Gasteiger partial charge in [0.25, 0.3) is 5.56 Å². The topological polar surface area (TPSA) is 93.1 Å². The molecular formula is C10H12Cl2N4O3. The number of halogens is 2. The third-order valence-electron chi connectivity index (χ3n) is 2.02. The zero-order chi connectivity index (χ0) is 14.4. The molecule has 0 radical (unpaired) electrons. The second kappa shape index (κ2) is 7.10. The molecule has 104 valence electrons. The zero-order valence-electron chi connectivity index (χ0n) is 10.1. The number of rotatable bonds is 4. The normalized spacial score (nSPS) is 10.1. The maximum Gasteiger partial charge on any atom is 0.321 e. The highest BCUT2D eigenvalue weighted by molar-refractivity contribution is 6.41. The summed E-state index contributed by atoms with van der Waals surface area (Å²) in [6.07, 6.45) is 1.89. The summed E-state index contributed by atoms with van der Waals surface area (Å²) in [5.41, 5.74) is -0.696. The summed E-state index contributed by atoms with van der Waals surface area (Å²) in [6, 6.07) is -0.625. The van der Waals surface area contributed by atoms with Crippen LogP contribution in [-0.2, 0) is 11.3 Å². The average Bonchev–Trinajstić information content (AvgIpc) is 2.37. The minimum absolute atomic E-state index is 0.00372. The van der Waals surface area contributed by atoms with Crippen molar-refractivity contribution in [3.05, 3.63) is 26.6 Å². The standard InChI is InChI=1S/C10H12Cl2N4O3/c1-2-3-13-10(19)15-7(17)5-16-9(18)8(12)6(11)4-14-16/h4H,2-3,5H2,1H3,(H2,13,15,17,19). The number of nitrogens with zero attached hydrogens (tertiary/aromatic N) is 2. The largest absolute Gasteiger partial charge is 0.338 e. The fourth-order valence-corrected chi connectivity index (χ4v) is 1.41. The van der Waals surface area contributed by atoms with E-state index in [2.05, 4.69) is 15.7 Å². The SMILES string of the molecule is CCCNC(=O)NC(=O)Cn1ncc(Cl)c(Cl)c1=O. The number of hydrogen-bond acceptors (Lipinski definition) is 4. The number of hydrogen-bond donors (Lipinski definition) is 2. The Balaban J connectivity index is 2.65. The molecule has 19 heavy (non-hydrogen) atoms. The molecule has 2 N–H and O–H groups in total. The highest BCUT2D eigenvalue weighted by Gasteiger charge is 2.12. The molecule has 7 nitrogen and oxygen atoms in total. The Bertz CT molecular complexity index is 544. The summed E-state index contributed by atoms with van der Waals surface area (Å²) in [6.45, 7) is 1.90. The van der Waals surface area contributed by atoms with Gasteiger partial charge < -0.3 is 5.32 Å². The molecule has 0 fully saturated rings. The molecule has 0 saturated heterocycles. The number of aromatic nitrogens is 2. The summed E-state index contributed by atoms with van der Waals surface area (Å²) < 4.78 is 0.816. The monoisotopic (exact) mass is 306 g/mol. The van der Waals surface area contributed by atoms with Crippen molar-refractivity contribution in [2.75, 3.05) is 6.54 Å². The van der Waals surface area contributed by atoms with E-state index >= 15 is 0 Å². The summed E-state index contributed by atoms with van der Waals surface area (Å²) in [5.74, 6) is -0.679. The zero-order valence-corrected chi connectivity index (χ0v) is 11.6. The van der Waals surface area contributed by atoms with Crippen LogP contribution < -0.4 is 16.2 Å². The molecule has 0 aliphatic carbocycles. The van der Waals surface area contributed by atoms with Crippen molar-refractivity contribution >= 4 is 35.1 Å². The smallest absolute Gasteiger partial charge is 0.321 e. The Hall–Kier alpha value is -1.60. The molecule has 0 aliphatic heterocycles. The third-order valence-corrected chi connectivity index (χ3v) is 2.77. The first kappa shape index (κ1) is 15.5. The maximum absolute atomic E-state index is 11.6. The molecule has 3 amide bonds. The molecule has 0 aromatic carbocycles. The van der Waals surface area contributed by atoms with Gasteiger partial charge in [-0.25, -0.2) is 9.48 Å². The minimum Gasteiger partial charge on any atom is -0.338 e. The van der Waals surface area contributed by atoms with Gasteiger partial charge in [-0.1, -0.05) is 30.1 Å². The highest BCUT2D eigenvalue weighted by Crippen LogP contribution is 2.14. The molecule has 0 atom stereocenters. The van der Waals surface area contributed by atoms with E-state index in [0.717, 1.165) is 17.3 Å². The van der Waals surface area contributed by atoms with Gasteiger partial charge in [0.1, 0.15) is 11.6 Å². The van der Waals surface area contributed by atoms with Gasteiger partial charge in [-0.05, 0) is 6.42 Å². The Morgan fingerprint density at radius 2 is 2.11 bits per heavy atom. The molecule has 0 unspecified atom stereocenters. The Morgan fingerprint density at radius 1 is 1.42 bits per heavy atom. The van der Waals surface area contributed by atoms with Crippen LogP contribution in [0.3, 0.4) is 0 Å². The minimum atomic E-state index is -0.696. The molecule has 0 aliphatic rings. The number of amides is 3. The summed E-state index contributed by atoms with van der Waals surface area (Å²) in [4.78, 5) is 34.3. The van der Waals surface area contributed by atoms with Crippen molar-refractivity contribution in [2.24, 2.45) is 0 Å². The average molecular weight is 307 g/mol. The van der Waals surface area contributed by atoms with Crippen LogP contribution in [0.1, 0.15) is 13.3 Å². The molecule has 0 bridgehead atoms. The first-order chi connectivity index (χ1) is 8.95. The van der Waals surface area contributed by atoms with Crippen molar-refractivity contribution in [1.29, 1.82) is 0 Å². The van der Waals surface area contributed by atoms with Gasteiger partial charge in [0.05, 0.1) is 11.2 Å². The van der Waals surface area contributed by atoms with Crippen molar-refractivity contribution in [2.45, 2.75) is 19.9 Å². The van der Waals surface area contributed by atoms with Crippen molar-refractivity contribution < 1.29 is 9.59 Å². The van der Waals surface area contributed by atoms with Crippen LogP contribution >= 0.6 is 23.2 Å². The summed E-state index contributed by atoms with van der Waals surface area (Å²) >= 11 is 11.2. The Kier molecular flexibility index (Phi) is 5.78. The number of urea groups is 1. The van der Waals surface area contributed by atoms with E-state index in [4.69, 9.17) is 23.2 Å². The van der Waals surface area contributed by atoms with Gasteiger partial charge in [0, 0.05) is 6.54 Å². The van der Waals surface area contributed by atoms with Crippen LogP contribution in [-0.4, -0.2) is 28.3 Å². The first-order valence-electron chi connectivity index (χ1n) is 5.44. The lowest BCUT2D eigenvalue weighted by Gasteiger charge is -2.07. The molecular weight excluding hydrogens is 295 g/mol. The van der Waals surface area contributed by atoms with E-state index in [9.17, 15) is 14.4 Å². The molecule has 9 heteroatoms. The molecule has 0 saturated carbocycles. The fourth-order valence-electron chi connectivity index (χ4n) is 1.14. The maximum atomic E-state index is 11.6. The van der Waals surface area contributed by atoms with E-state index < -0.39 is 24.0 Å². The molecule has 1 heterocycles. The van der Waals surface area contributed by atoms with E-state index in [1.807, 2.05) is 6.92 Å². The predicted molar refractivity (Wildman–Crippen MR) is 70.3 cm³/mol. The van der Waals surface area contributed by atoms with Gasteiger partial charge >= 0.3 is 6.03 Å². The van der Waals surface area contributed by atoms with E-state index in [1.54, 1.807) is 0 Å². The summed E-state index contributed by atoms with van der Waals surface area (Å²) in [7, 11) is 0. The lowest BCUT2D eigenvalue weighted by Crippen LogP contribution is -2.42. The third kappa shape index (κ3) is 4.53. The van der Waals surface area contributed by atoms with Gasteiger partial charge in [-0.15, -0.1) is 0 Å². The molecule has 1 rings (SSSR count). The summed E-state index contributed by atoms with van der Waals surface area (Å²) in [5, 5.41) is 7.94. The number of carbonyl (C=O) groups is 2. The van der Waals surface area contributed by atoms with Crippen molar-refractivity contribution in [1.82, 2.24) is 20.4 Å². The van der Waals surface area contributed by atoms with Crippen molar-refractivity contribution in [3.63, 3.8) is 0 Å². The molecule has 1 aromatic rings. The van der Waals surface area contributed by atoms with E-state index in [0.29, 0.717) is 6.54 Å². The number of carbonyl (C=O) groups excluding carboxylic acids is 2. The van der Waals surface area contributed by atoms with E-state index in [1.165, 1.54) is 0 Å². The molecule has 1 aromatic heterocycles. The van der Waals surface area contributed by atoms with Gasteiger partial charge in [0.2, 0.25) is 5.91 Å². The number of imide groups is 1. The van der Waals surface area contributed by atoms with Crippen LogP contribution in [0.4, 0.5) is 4.79 Å². The predicted octanol–water partition coefficient (Wildman–Crippen LogP) is 0.786. The Morgan fingerprint density at radius 3 is 2.74 bits per heavy atom. The van der Waals surface area contributed by atoms with Crippen LogP contribution in [0.2, 0.25) is 10.0 Å². The van der Waals surface area contributed by atoms with Crippen molar-refractivity contribution in [3.8, 4) is 0 Å². The quantitative estimate of drug-likeness (QED) is 0.860. The second-order valence-corrected chi connectivity index (χ2v) is 4.36.